The van der Waals surface area contributed by atoms with Crippen molar-refractivity contribution >= 4 is 0 Å². The van der Waals surface area contributed by atoms with Crippen LogP contribution in [0.4, 0.5) is 0 Å². The molecule has 1 rings (SSSR count). The Morgan fingerprint density at radius 1 is 1.00 bits per heavy atom. The molecule has 1 fully saturated rings. The van der Waals surface area contributed by atoms with E-state index in [2.05, 4.69) is 41.5 Å². The van der Waals surface area contributed by atoms with Gasteiger partial charge in [0.25, 0.3) is 0 Å². The van der Waals surface area contributed by atoms with E-state index in [1.54, 1.807) is 0 Å². The van der Waals surface area contributed by atoms with E-state index in [9.17, 15) is 0 Å². The van der Waals surface area contributed by atoms with Crippen LogP contribution in [0.3, 0.4) is 0 Å². The summed E-state index contributed by atoms with van der Waals surface area (Å²) in [5.74, 6) is 0.777. The first kappa shape index (κ1) is 13.0. The maximum Gasteiger partial charge on any atom is 0.0136 e. The summed E-state index contributed by atoms with van der Waals surface area (Å²) < 4.78 is 0. The van der Waals surface area contributed by atoms with Gasteiger partial charge in [0.2, 0.25) is 0 Å². The fraction of sp³-hybridized carbons (Fsp3) is 1.00. The quantitative estimate of drug-likeness (QED) is 0.735. The molecule has 0 aromatic heterocycles. The molecule has 0 amide bonds. The maximum atomic E-state index is 6.40. The Morgan fingerprint density at radius 3 is 1.93 bits per heavy atom. The zero-order valence-electron chi connectivity index (χ0n) is 11.5. The molecule has 0 aromatic rings. The predicted molar refractivity (Wildman–Crippen MR) is 67.8 cm³/mol. The molecule has 90 valence electrons. The summed E-state index contributed by atoms with van der Waals surface area (Å²) in [6.07, 6.45) is 4.98. The van der Waals surface area contributed by atoms with Crippen LogP contribution in [-0.2, 0) is 0 Å². The molecule has 0 aliphatic heterocycles. The van der Waals surface area contributed by atoms with E-state index in [1.165, 1.54) is 19.3 Å². The summed E-state index contributed by atoms with van der Waals surface area (Å²) in [4.78, 5) is 0. The molecule has 0 bridgehead atoms. The van der Waals surface area contributed by atoms with Crippen LogP contribution in [0.5, 0.6) is 0 Å². The summed E-state index contributed by atoms with van der Waals surface area (Å²) in [6.45, 7) is 14.0. The summed E-state index contributed by atoms with van der Waals surface area (Å²) in [7, 11) is 0. The van der Waals surface area contributed by atoms with Gasteiger partial charge in [-0.1, -0.05) is 34.6 Å². The van der Waals surface area contributed by atoms with Crippen LogP contribution >= 0.6 is 0 Å². The third kappa shape index (κ3) is 3.79. The van der Waals surface area contributed by atoms with Crippen molar-refractivity contribution in [2.24, 2.45) is 22.5 Å². The molecule has 2 atom stereocenters. The molecule has 1 nitrogen and oxygen atoms in total. The SMILES string of the molecule is CC(C)CC1(C)CC(C)(C)CC(C)(N)C1. The van der Waals surface area contributed by atoms with E-state index in [0.717, 1.165) is 12.3 Å². The van der Waals surface area contributed by atoms with Crippen LogP contribution in [0, 0.1) is 16.7 Å². The minimum atomic E-state index is 0.0331. The second-order valence-electron chi connectivity index (χ2n) is 7.76. The van der Waals surface area contributed by atoms with Crippen molar-refractivity contribution in [1.82, 2.24) is 0 Å². The Hall–Kier alpha value is -0.0400. The molecule has 0 aromatic carbocycles. The highest BCUT2D eigenvalue weighted by atomic mass is 14.8. The molecule has 0 saturated heterocycles. The van der Waals surface area contributed by atoms with Gasteiger partial charge in [-0.15, -0.1) is 0 Å². The molecule has 1 heteroatoms. The number of nitrogens with two attached hydrogens (primary N) is 1. The Morgan fingerprint density at radius 2 is 1.53 bits per heavy atom. The van der Waals surface area contributed by atoms with E-state index >= 15 is 0 Å². The molecule has 0 spiro atoms. The smallest absolute Gasteiger partial charge is 0.0136 e. The highest BCUT2D eigenvalue weighted by Crippen LogP contribution is 2.51. The molecule has 2 N–H and O–H groups in total. The van der Waals surface area contributed by atoms with Gasteiger partial charge in [-0.05, 0) is 49.4 Å². The van der Waals surface area contributed by atoms with E-state index in [1.807, 2.05) is 0 Å². The molecule has 1 aliphatic carbocycles. The van der Waals surface area contributed by atoms with Crippen molar-refractivity contribution in [2.75, 3.05) is 0 Å². The van der Waals surface area contributed by atoms with Gasteiger partial charge in [-0.2, -0.15) is 0 Å². The topological polar surface area (TPSA) is 26.0 Å². The normalized spacial score (nSPS) is 40.8. The predicted octanol–water partition coefficient (Wildman–Crippen LogP) is 3.97. The largest absolute Gasteiger partial charge is 0.325 e. The van der Waals surface area contributed by atoms with Gasteiger partial charge in [0, 0.05) is 5.54 Å². The van der Waals surface area contributed by atoms with Gasteiger partial charge in [0.1, 0.15) is 0 Å². The van der Waals surface area contributed by atoms with Crippen LogP contribution in [-0.4, -0.2) is 5.54 Å². The molecule has 15 heavy (non-hydrogen) atoms. The molecule has 0 heterocycles. The molecule has 1 saturated carbocycles. The Balaban J connectivity index is 2.82. The number of rotatable bonds is 2. The first-order valence-corrected chi connectivity index (χ1v) is 6.33. The van der Waals surface area contributed by atoms with Gasteiger partial charge < -0.3 is 5.73 Å². The summed E-state index contributed by atoms with van der Waals surface area (Å²) in [5.41, 5.74) is 7.29. The van der Waals surface area contributed by atoms with Crippen molar-refractivity contribution in [1.29, 1.82) is 0 Å². The lowest BCUT2D eigenvalue weighted by molar-refractivity contribution is 0.0298. The lowest BCUT2D eigenvalue weighted by Gasteiger charge is -2.51. The van der Waals surface area contributed by atoms with E-state index < -0.39 is 0 Å². The van der Waals surface area contributed by atoms with Crippen LogP contribution in [0.25, 0.3) is 0 Å². The van der Waals surface area contributed by atoms with Gasteiger partial charge in [-0.3, -0.25) is 0 Å². The molecule has 1 aliphatic rings. The maximum absolute atomic E-state index is 6.40. The lowest BCUT2D eigenvalue weighted by Crippen LogP contribution is -2.51. The summed E-state index contributed by atoms with van der Waals surface area (Å²) in [5, 5.41) is 0. The van der Waals surface area contributed by atoms with E-state index in [-0.39, 0.29) is 5.54 Å². The summed E-state index contributed by atoms with van der Waals surface area (Å²) >= 11 is 0. The second-order valence-corrected chi connectivity index (χ2v) is 7.76. The molecule has 2 unspecified atom stereocenters. The highest BCUT2D eigenvalue weighted by molar-refractivity contribution is 4.99. The van der Waals surface area contributed by atoms with Crippen molar-refractivity contribution in [3.8, 4) is 0 Å². The van der Waals surface area contributed by atoms with Gasteiger partial charge >= 0.3 is 0 Å². The average Bonchev–Trinajstić information content (AvgIpc) is 1.70. The van der Waals surface area contributed by atoms with Crippen LogP contribution in [0.15, 0.2) is 0 Å². The summed E-state index contributed by atoms with van der Waals surface area (Å²) in [6, 6.07) is 0. The highest BCUT2D eigenvalue weighted by Gasteiger charge is 2.45. The second kappa shape index (κ2) is 3.76. The van der Waals surface area contributed by atoms with Crippen molar-refractivity contribution in [3.63, 3.8) is 0 Å². The number of hydrogen-bond donors (Lipinski definition) is 1. The third-order valence-electron chi connectivity index (χ3n) is 3.52. The minimum Gasteiger partial charge on any atom is -0.325 e. The first-order valence-electron chi connectivity index (χ1n) is 6.33. The van der Waals surface area contributed by atoms with Gasteiger partial charge in [-0.25, -0.2) is 0 Å². The van der Waals surface area contributed by atoms with E-state index in [4.69, 9.17) is 5.73 Å². The Labute approximate surface area is 95.8 Å². The van der Waals surface area contributed by atoms with Crippen LogP contribution < -0.4 is 5.73 Å². The molecular weight excluding hydrogens is 182 g/mol. The zero-order chi connectivity index (χ0) is 11.9. The van der Waals surface area contributed by atoms with E-state index in [0.29, 0.717) is 10.8 Å². The Kier molecular flexibility index (Phi) is 3.27. The van der Waals surface area contributed by atoms with Crippen molar-refractivity contribution < 1.29 is 0 Å². The average molecular weight is 211 g/mol. The fourth-order valence-electron chi connectivity index (χ4n) is 4.54. The fourth-order valence-corrected chi connectivity index (χ4v) is 4.54. The molecule has 0 radical (unpaired) electrons. The Bertz CT molecular complexity index is 209. The number of hydrogen-bond acceptors (Lipinski definition) is 1. The standard InChI is InChI=1S/C14H29N/c1-11(2)7-13(5)8-12(3,4)9-14(6,15)10-13/h11H,7-10,15H2,1-6H3. The monoisotopic (exact) mass is 211 g/mol. The lowest BCUT2D eigenvalue weighted by atomic mass is 9.56. The van der Waals surface area contributed by atoms with Crippen molar-refractivity contribution in [3.05, 3.63) is 0 Å². The van der Waals surface area contributed by atoms with Crippen LogP contribution in [0.2, 0.25) is 0 Å². The molecular formula is C14H29N. The van der Waals surface area contributed by atoms with Gasteiger partial charge in [0.05, 0.1) is 0 Å². The first-order chi connectivity index (χ1) is 6.54. The minimum absolute atomic E-state index is 0.0331. The van der Waals surface area contributed by atoms with Crippen molar-refractivity contribution in [2.45, 2.75) is 72.8 Å². The zero-order valence-corrected chi connectivity index (χ0v) is 11.5. The van der Waals surface area contributed by atoms with Gasteiger partial charge in [0.15, 0.2) is 0 Å². The van der Waals surface area contributed by atoms with Crippen LogP contribution in [0.1, 0.15) is 67.2 Å². The third-order valence-corrected chi connectivity index (χ3v) is 3.52.